The molecule has 0 bridgehead atoms. The fraction of sp³-hybridized carbons (Fsp3) is 0.423. The van der Waals surface area contributed by atoms with Crippen LogP contribution in [0.4, 0.5) is 0 Å². The molecular weight excluding hydrogens is 406 g/mol. The molecule has 32 heavy (non-hydrogen) atoms. The number of benzene rings is 2. The van der Waals surface area contributed by atoms with Crippen LogP contribution in [0.1, 0.15) is 49.2 Å². The molecule has 1 heterocycles. The Morgan fingerprint density at radius 2 is 1.66 bits per heavy atom. The molecule has 0 aromatic heterocycles. The highest BCUT2D eigenvalue weighted by atomic mass is 16.5. The number of nitrogens with one attached hydrogen (secondary N) is 1. The molecule has 6 heteroatoms. The molecule has 0 fully saturated rings. The molecule has 1 aliphatic heterocycles. The highest BCUT2D eigenvalue weighted by Gasteiger charge is 2.31. The molecule has 2 aromatic carbocycles. The van der Waals surface area contributed by atoms with Gasteiger partial charge in [0.2, 0.25) is 5.78 Å². The van der Waals surface area contributed by atoms with Gasteiger partial charge >= 0.3 is 0 Å². The number of ether oxygens (including phenoxy) is 3. The van der Waals surface area contributed by atoms with Crippen LogP contribution in [0.15, 0.2) is 36.1 Å². The van der Waals surface area contributed by atoms with E-state index in [2.05, 4.69) is 27.7 Å². The number of allylic oxidation sites excluding steroid dienone is 1. The minimum Gasteiger partial charge on any atom is -0.872 e. The number of carbonyl (C=O) groups is 1. The van der Waals surface area contributed by atoms with Crippen LogP contribution in [0.25, 0.3) is 6.08 Å². The van der Waals surface area contributed by atoms with E-state index >= 15 is 0 Å². The Morgan fingerprint density at radius 1 is 1.00 bits per heavy atom. The van der Waals surface area contributed by atoms with E-state index in [1.807, 2.05) is 6.07 Å². The first-order valence-corrected chi connectivity index (χ1v) is 11.1. The summed E-state index contributed by atoms with van der Waals surface area (Å²) in [5.74, 6) is 2.46. The summed E-state index contributed by atoms with van der Waals surface area (Å²) in [6.07, 6.45) is 1.67. The average molecular weight is 440 g/mol. The number of quaternary nitrogens is 1. The van der Waals surface area contributed by atoms with Crippen molar-refractivity contribution in [3.8, 4) is 23.0 Å². The monoisotopic (exact) mass is 439 g/mol. The Kier molecular flexibility index (Phi) is 7.46. The van der Waals surface area contributed by atoms with Gasteiger partial charge in [-0.2, -0.15) is 0 Å². The van der Waals surface area contributed by atoms with Gasteiger partial charge in [0.1, 0.15) is 12.3 Å². The van der Waals surface area contributed by atoms with Crippen molar-refractivity contribution in [3.63, 3.8) is 0 Å². The van der Waals surface area contributed by atoms with Crippen LogP contribution in [0.2, 0.25) is 0 Å². The molecule has 2 aromatic rings. The van der Waals surface area contributed by atoms with Gasteiger partial charge in [-0.3, -0.25) is 4.79 Å². The summed E-state index contributed by atoms with van der Waals surface area (Å²) in [6.45, 7) is 11.1. The summed E-state index contributed by atoms with van der Waals surface area (Å²) in [7, 11) is 3.13. The molecule has 0 atom stereocenters. The van der Waals surface area contributed by atoms with Gasteiger partial charge in [-0.1, -0.05) is 45.6 Å². The van der Waals surface area contributed by atoms with E-state index in [-0.39, 0.29) is 17.3 Å². The number of hydrogen-bond acceptors (Lipinski definition) is 5. The van der Waals surface area contributed by atoms with E-state index in [9.17, 15) is 9.90 Å². The van der Waals surface area contributed by atoms with Gasteiger partial charge in [0, 0.05) is 17.4 Å². The number of fused-ring (bicyclic) bond motifs is 1. The van der Waals surface area contributed by atoms with E-state index in [1.165, 1.54) is 11.0 Å². The predicted molar refractivity (Wildman–Crippen MR) is 122 cm³/mol. The van der Waals surface area contributed by atoms with Gasteiger partial charge in [0.25, 0.3) is 0 Å². The molecule has 0 radical (unpaired) electrons. The zero-order valence-corrected chi connectivity index (χ0v) is 19.8. The second-order valence-corrected chi connectivity index (χ2v) is 9.10. The zero-order chi connectivity index (χ0) is 23.4. The first kappa shape index (κ1) is 23.7. The second kappa shape index (κ2) is 10.1. The number of ketones is 1. The van der Waals surface area contributed by atoms with Crippen LogP contribution in [0.5, 0.6) is 23.0 Å². The van der Waals surface area contributed by atoms with Crippen molar-refractivity contribution in [2.75, 3.05) is 27.3 Å². The fourth-order valence-corrected chi connectivity index (χ4v) is 4.18. The summed E-state index contributed by atoms with van der Waals surface area (Å²) in [5.41, 5.74) is 1.76. The van der Waals surface area contributed by atoms with E-state index in [0.29, 0.717) is 46.8 Å². The van der Waals surface area contributed by atoms with Gasteiger partial charge < -0.3 is 24.2 Å². The molecule has 0 saturated heterocycles. The molecule has 172 valence electrons. The van der Waals surface area contributed by atoms with Crippen LogP contribution in [-0.2, 0) is 6.54 Å². The zero-order valence-electron chi connectivity index (χ0n) is 19.8. The lowest BCUT2D eigenvalue weighted by Crippen LogP contribution is -3.11. The molecule has 0 unspecified atom stereocenters. The number of methoxy groups -OCH3 is 2. The summed E-state index contributed by atoms with van der Waals surface area (Å²) < 4.78 is 16.6. The van der Waals surface area contributed by atoms with Crippen molar-refractivity contribution in [2.24, 2.45) is 11.8 Å². The van der Waals surface area contributed by atoms with E-state index in [4.69, 9.17) is 14.2 Å². The Morgan fingerprint density at radius 3 is 2.25 bits per heavy atom. The van der Waals surface area contributed by atoms with Crippen LogP contribution in [-0.4, -0.2) is 33.1 Å². The van der Waals surface area contributed by atoms with Gasteiger partial charge in [-0.25, -0.2) is 0 Å². The molecule has 3 rings (SSSR count). The summed E-state index contributed by atoms with van der Waals surface area (Å²) in [5, 5.41) is 12.8. The molecule has 1 aliphatic rings. The van der Waals surface area contributed by atoms with Crippen molar-refractivity contribution in [3.05, 3.63) is 52.8 Å². The predicted octanol–water partition coefficient (Wildman–Crippen LogP) is 3.09. The molecule has 6 nitrogen and oxygen atoms in total. The fourth-order valence-electron chi connectivity index (χ4n) is 4.18. The molecular formula is C26H33NO5. The summed E-state index contributed by atoms with van der Waals surface area (Å²) >= 11 is 0. The van der Waals surface area contributed by atoms with E-state index < -0.39 is 0 Å². The van der Waals surface area contributed by atoms with Gasteiger partial charge in [-0.15, -0.1) is 0 Å². The van der Waals surface area contributed by atoms with E-state index in [1.54, 1.807) is 38.5 Å². The van der Waals surface area contributed by atoms with Gasteiger partial charge in [-0.05, 0) is 29.8 Å². The molecule has 0 saturated carbocycles. The Balaban J connectivity index is 1.93. The first-order chi connectivity index (χ1) is 15.2. The summed E-state index contributed by atoms with van der Waals surface area (Å²) in [4.78, 5) is 14.3. The molecule has 0 amide bonds. The Labute approximate surface area is 190 Å². The number of Topliss-reactive ketones (excluding diaryl/α,β-unsaturated/α-hetero) is 1. The summed E-state index contributed by atoms with van der Waals surface area (Å²) in [6, 6.07) is 8.44. The van der Waals surface area contributed by atoms with Crippen LogP contribution < -0.4 is 24.2 Å². The minimum atomic E-state index is -0.217. The maximum Gasteiger partial charge on any atom is 0.231 e. The molecule has 0 aliphatic carbocycles. The number of rotatable bonds is 9. The lowest BCUT2D eigenvalue weighted by molar-refractivity contribution is -0.919. The minimum absolute atomic E-state index is 0.0890. The Hall–Kier alpha value is -2.99. The second-order valence-electron chi connectivity index (χ2n) is 9.10. The standard InChI is InChI=1S/C26H33NO5/c1-16(2)13-27(14-17(3)4)15-20-21(28)9-8-19-25(29)24(32-26(19)20)12-18-7-10-22(30-5)23(11-18)31-6/h7-12,16-17,28H,13-15H2,1-6H3. The van der Waals surface area contributed by atoms with Crippen LogP contribution in [0.3, 0.4) is 0 Å². The van der Waals surface area contributed by atoms with Crippen molar-refractivity contribution in [1.29, 1.82) is 0 Å². The maximum absolute atomic E-state index is 13.0. The van der Waals surface area contributed by atoms with Crippen molar-refractivity contribution >= 4 is 11.9 Å². The third-order valence-corrected chi connectivity index (χ3v) is 5.42. The highest BCUT2D eigenvalue weighted by Crippen LogP contribution is 2.38. The SMILES string of the molecule is COc1ccc(C=C2Oc3c(ccc([O-])c3C[NH+](CC(C)C)CC(C)C)C2=O)cc1OC. The first-order valence-electron chi connectivity index (χ1n) is 11.1. The van der Waals surface area contributed by atoms with Crippen molar-refractivity contribution in [1.82, 2.24) is 0 Å². The number of carbonyl (C=O) groups excluding carboxylic acids is 1. The van der Waals surface area contributed by atoms with Crippen LogP contribution >= 0.6 is 0 Å². The van der Waals surface area contributed by atoms with Gasteiger partial charge in [0.05, 0.1) is 32.9 Å². The third kappa shape index (κ3) is 5.25. The topological polar surface area (TPSA) is 72.3 Å². The average Bonchev–Trinajstić information content (AvgIpc) is 3.04. The lowest BCUT2D eigenvalue weighted by atomic mass is 10.0. The molecule has 0 spiro atoms. The third-order valence-electron chi connectivity index (χ3n) is 5.42. The highest BCUT2D eigenvalue weighted by molar-refractivity contribution is 6.15. The largest absolute Gasteiger partial charge is 0.872 e. The van der Waals surface area contributed by atoms with Crippen molar-refractivity contribution in [2.45, 2.75) is 34.2 Å². The maximum atomic E-state index is 13.0. The van der Waals surface area contributed by atoms with Gasteiger partial charge in [0.15, 0.2) is 17.3 Å². The number of hydrogen-bond donors (Lipinski definition) is 1. The lowest BCUT2D eigenvalue weighted by Gasteiger charge is -2.26. The smallest absolute Gasteiger partial charge is 0.231 e. The van der Waals surface area contributed by atoms with Crippen molar-refractivity contribution < 1.29 is 29.0 Å². The Bertz CT molecular complexity index is 1000. The van der Waals surface area contributed by atoms with Crippen LogP contribution in [0, 0.1) is 11.8 Å². The van der Waals surface area contributed by atoms with E-state index in [0.717, 1.165) is 18.7 Å². The molecule has 1 N–H and O–H groups in total. The quantitative estimate of drug-likeness (QED) is 0.608. The normalized spacial score (nSPS) is 14.4.